The van der Waals surface area contributed by atoms with Gasteiger partial charge in [0.15, 0.2) is 0 Å². The lowest BCUT2D eigenvalue weighted by Crippen LogP contribution is -2.23. The van der Waals surface area contributed by atoms with Crippen molar-refractivity contribution >= 4 is 11.4 Å². The first-order chi connectivity index (χ1) is 14.0. The van der Waals surface area contributed by atoms with Gasteiger partial charge in [-0.05, 0) is 93.4 Å². The lowest BCUT2D eigenvalue weighted by atomic mass is 9.95. The fourth-order valence-corrected chi connectivity index (χ4v) is 4.97. The summed E-state index contributed by atoms with van der Waals surface area (Å²) in [5.41, 5.74) is 10.8. The number of hydrogen-bond donors (Lipinski definition) is 4. The van der Waals surface area contributed by atoms with Crippen molar-refractivity contribution < 1.29 is 0 Å². The van der Waals surface area contributed by atoms with Gasteiger partial charge in [-0.3, -0.25) is 0 Å². The quantitative estimate of drug-likeness (QED) is 0.599. The SMILES string of the molecule is Cc1cc(Cc2cc(C)c(NC3CCNC3)c(C)c2)cc(C)c1NC1CCNC1. The second kappa shape index (κ2) is 8.76. The Bertz CT molecular complexity index is 744. The molecule has 0 aliphatic carbocycles. The molecule has 4 rings (SSSR count). The van der Waals surface area contributed by atoms with Crippen LogP contribution in [0, 0.1) is 27.7 Å². The molecule has 4 N–H and O–H groups in total. The molecule has 2 atom stereocenters. The molecule has 0 amide bonds. The van der Waals surface area contributed by atoms with Crippen molar-refractivity contribution in [2.45, 2.75) is 59.0 Å². The van der Waals surface area contributed by atoms with Gasteiger partial charge < -0.3 is 21.3 Å². The Morgan fingerprint density at radius 1 is 0.690 bits per heavy atom. The summed E-state index contributed by atoms with van der Waals surface area (Å²) in [6.45, 7) is 13.3. The highest BCUT2D eigenvalue weighted by Crippen LogP contribution is 2.28. The summed E-state index contributed by atoms with van der Waals surface area (Å²) in [7, 11) is 0. The maximum absolute atomic E-state index is 3.75. The minimum atomic E-state index is 0.554. The minimum absolute atomic E-state index is 0.554. The third-order valence-electron chi connectivity index (χ3n) is 6.41. The van der Waals surface area contributed by atoms with Gasteiger partial charge in [-0.25, -0.2) is 0 Å². The van der Waals surface area contributed by atoms with Crippen molar-refractivity contribution in [2.24, 2.45) is 0 Å². The molecule has 4 heteroatoms. The first-order valence-corrected chi connectivity index (χ1v) is 11.1. The predicted molar refractivity (Wildman–Crippen MR) is 124 cm³/mol. The summed E-state index contributed by atoms with van der Waals surface area (Å²) >= 11 is 0. The van der Waals surface area contributed by atoms with Crippen LogP contribution in [0.25, 0.3) is 0 Å². The fraction of sp³-hybridized carbons (Fsp3) is 0.520. The Hall–Kier alpha value is -2.04. The third kappa shape index (κ3) is 4.76. The van der Waals surface area contributed by atoms with Gasteiger partial charge in [0.25, 0.3) is 0 Å². The van der Waals surface area contributed by atoms with Gasteiger partial charge in [0, 0.05) is 36.5 Å². The van der Waals surface area contributed by atoms with Crippen LogP contribution in [0.2, 0.25) is 0 Å². The second-order valence-electron chi connectivity index (χ2n) is 9.05. The predicted octanol–water partition coefficient (Wildman–Crippen LogP) is 4.06. The molecular formula is C25H36N4. The average molecular weight is 393 g/mol. The minimum Gasteiger partial charge on any atom is -0.381 e. The van der Waals surface area contributed by atoms with Gasteiger partial charge in [0.1, 0.15) is 0 Å². The monoisotopic (exact) mass is 392 g/mol. The van der Waals surface area contributed by atoms with Gasteiger partial charge in [-0.15, -0.1) is 0 Å². The largest absolute Gasteiger partial charge is 0.381 e. The van der Waals surface area contributed by atoms with Crippen LogP contribution < -0.4 is 21.3 Å². The standard InChI is InChI=1S/C25H36N4/c1-16-9-20(10-17(2)24(16)28-22-5-7-26-14-22)13-21-11-18(3)25(19(4)12-21)29-23-6-8-27-15-23/h9-12,22-23,26-29H,5-8,13-15H2,1-4H3. The van der Waals surface area contributed by atoms with E-state index in [4.69, 9.17) is 0 Å². The number of aryl methyl sites for hydroxylation is 4. The number of hydrogen-bond acceptors (Lipinski definition) is 4. The third-order valence-corrected chi connectivity index (χ3v) is 6.41. The molecule has 156 valence electrons. The molecule has 0 aromatic heterocycles. The van der Waals surface area contributed by atoms with Gasteiger partial charge >= 0.3 is 0 Å². The van der Waals surface area contributed by atoms with Crippen molar-refractivity contribution in [2.75, 3.05) is 36.8 Å². The number of benzene rings is 2. The van der Waals surface area contributed by atoms with Crippen LogP contribution in [0.4, 0.5) is 11.4 Å². The molecule has 0 bridgehead atoms. The number of nitrogens with one attached hydrogen (secondary N) is 4. The Morgan fingerprint density at radius 3 is 1.38 bits per heavy atom. The van der Waals surface area contributed by atoms with Crippen molar-refractivity contribution in [1.29, 1.82) is 0 Å². The lowest BCUT2D eigenvalue weighted by molar-refractivity contribution is 0.790. The molecule has 0 spiro atoms. The molecule has 0 saturated carbocycles. The topological polar surface area (TPSA) is 48.1 Å². The zero-order chi connectivity index (χ0) is 20.4. The maximum atomic E-state index is 3.75. The van der Waals surface area contributed by atoms with E-state index >= 15 is 0 Å². The summed E-state index contributed by atoms with van der Waals surface area (Å²) in [4.78, 5) is 0. The van der Waals surface area contributed by atoms with Crippen LogP contribution in [0.5, 0.6) is 0 Å². The van der Waals surface area contributed by atoms with Crippen LogP contribution in [0.1, 0.15) is 46.2 Å². The van der Waals surface area contributed by atoms with Crippen molar-refractivity contribution in [1.82, 2.24) is 10.6 Å². The van der Waals surface area contributed by atoms with Crippen LogP contribution in [-0.2, 0) is 6.42 Å². The molecule has 2 aromatic carbocycles. The van der Waals surface area contributed by atoms with Crippen LogP contribution in [0.3, 0.4) is 0 Å². The smallest absolute Gasteiger partial charge is 0.0402 e. The highest BCUT2D eigenvalue weighted by atomic mass is 15.0. The van der Waals surface area contributed by atoms with E-state index in [0.717, 1.165) is 32.6 Å². The molecule has 2 aromatic rings. The molecule has 2 saturated heterocycles. The Labute approximate surface area is 175 Å². The van der Waals surface area contributed by atoms with E-state index in [-0.39, 0.29) is 0 Å². The highest BCUT2D eigenvalue weighted by Gasteiger charge is 2.18. The van der Waals surface area contributed by atoms with Gasteiger partial charge in [0.05, 0.1) is 0 Å². The van der Waals surface area contributed by atoms with Gasteiger partial charge in [-0.1, -0.05) is 24.3 Å². The molecule has 4 nitrogen and oxygen atoms in total. The molecule has 29 heavy (non-hydrogen) atoms. The zero-order valence-electron chi connectivity index (χ0n) is 18.4. The molecule has 2 aliphatic heterocycles. The van der Waals surface area contributed by atoms with Crippen LogP contribution in [-0.4, -0.2) is 38.3 Å². The van der Waals surface area contributed by atoms with E-state index in [9.17, 15) is 0 Å². The van der Waals surface area contributed by atoms with Crippen molar-refractivity contribution in [3.63, 3.8) is 0 Å². The average Bonchev–Trinajstić information content (AvgIpc) is 3.35. The van der Waals surface area contributed by atoms with E-state index in [2.05, 4.69) is 73.2 Å². The fourth-order valence-electron chi connectivity index (χ4n) is 4.97. The Kier molecular flexibility index (Phi) is 6.12. The van der Waals surface area contributed by atoms with E-state index in [0.29, 0.717) is 12.1 Å². The van der Waals surface area contributed by atoms with E-state index in [1.807, 2.05) is 0 Å². The van der Waals surface area contributed by atoms with Crippen molar-refractivity contribution in [3.8, 4) is 0 Å². The Balaban J connectivity index is 1.49. The van der Waals surface area contributed by atoms with E-state index in [1.165, 1.54) is 57.6 Å². The first kappa shape index (κ1) is 20.2. The lowest BCUT2D eigenvalue weighted by Gasteiger charge is -2.20. The summed E-state index contributed by atoms with van der Waals surface area (Å²) in [6, 6.07) is 10.5. The summed E-state index contributed by atoms with van der Waals surface area (Å²) in [6.07, 6.45) is 3.40. The normalized spacial score (nSPS) is 21.5. The van der Waals surface area contributed by atoms with Gasteiger partial charge in [0.2, 0.25) is 0 Å². The van der Waals surface area contributed by atoms with Crippen LogP contribution in [0.15, 0.2) is 24.3 Å². The molecule has 2 fully saturated rings. The summed E-state index contributed by atoms with van der Waals surface area (Å²) in [5.74, 6) is 0. The number of rotatable bonds is 6. The second-order valence-corrected chi connectivity index (χ2v) is 9.05. The molecule has 2 unspecified atom stereocenters. The van der Waals surface area contributed by atoms with Crippen molar-refractivity contribution in [3.05, 3.63) is 57.6 Å². The zero-order valence-corrected chi connectivity index (χ0v) is 18.4. The highest BCUT2D eigenvalue weighted by molar-refractivity contribution is 5.61. The molecule has 0 radical (unpaired) electrons. The van der Waals surface area contributed by atoms with E-state index in [1.54, 1.807) is 0 Å². The molecule has 2 heterocycles. The maximum Gasteiger partial charge on any atom is 0.0402 e. The first-order valence-electron chi connectivity index (χ1n) is 11.1. The molecular weight excluding hydrogens is 356 g/mol. The molecule has 2 aliphatic rings. The van der Waals surface area contributed by atoms with Gasteiger partial charge in [-0.2, -0.15) is 0 Å². The van der Waals surface area contributed by atoms with E-state index < -0.39 is 0 Å². The summed E-state index contributed by atoms with van der Waals surface area (Å²) < 4.78 is 0. The Morgan fingerprint density at radius 2 is 1.07 bits per heavy atom. The number of anilines is 2. The van der Waals surface area contributed by atoms with Crippen LogP contribution >= 0.6 is 0 Å². The summed E-state index contributed by atoms with van der Waals surface area (Å²) in [5, 5.41) is 14.4.